The molecule has 158 valence electrons. The maximum atomic E-state index is 13.4. The molecule has 7 nitrogen and oxygen atoms in total. The van der Waals surface area contributed by atoms with E-state index in [4.69, 9.17) is 4.74 Å². The van der Waals surface area contributed by atoms with Crippen LogP contribution in [-0.2, 0) is 6.54 Å². The van der Waals surface area contributed by atoms with E-state index in [-0.39, 0.29) is 35.6 Å². The number of ether oxygens (including phenoxy) is 1. The molecule has 1 spiro atoms. The van der Waals surface area contributed by atoms with Crippen LogP contribution in [0, 0.1) is 6.92 Å². The van der Waals surface area contributed by atoms with Crippen molar-refractivity contribution in [3.05, 3.63) is 69.6 Å². The summed E-state index contributed by atoms with van der Waals surface area (Å²) >= 11 is 0. The molecule has 1 fully saturated rings. The van der Waals surface area contributed by atoms with E-state index in [0.29, 0.717) is 41.9 Å². The van der Waals surface area contributed by atoms with E-state index in [1.807, 2.05) is 30.5 Å². The van der Waals surface area contributed by atoms with Gasteiger partial charge in [-0.15, -0.1) is 0 Å². The predicted octanol–water partition coefficient (Wildman–Crippen LogP) is 2.97. The van der Waals surface area contributed by atoms with Gasteiger partial charge in [0.2, 0.25) is 5.43 Å². The van der Waals surface area contributed by atoms with Crippen molar-refractivity contribution >= 4 is 22.7 Å². The van der Waals surface area contributed by atoms with E-state index >= 15 is 0 Å². The molecular weight excluding hydrogens is 394 g/mol. The molecule has 1 unspecified atom stereocenters. The summed E-state index contributed by atoms with van der Waals surface area (Å²) in [4.78, 5) is 45.2. The zero-order valence-electron chi connectivity index (χ0n) is 17.6. The molecule has 1 atom stereocenters. The van der Waals surface area contributed by atoms with Crippen molar-refractivity contribution in [2.75, 3.05) is 13.1 Å². The molecule has 3 aromatic rings. The summed E-state index contributed by atoms with van der Waals surface area (Å²) in [6, 6.07) is 10.7. The lowest BCUT2D eigenvalue weighted by molar-refractivity contribution is 0.0428. The van der Waals surface area contributed by atoms with Crippen molar-refractivity contribution < 1.29 is 14.3 Å². The maximum Gasteiger partial charge on any atom is 0.259 e. The molecule has 0 radical (unpaired) electrons. The van der Waals surface area contributed by atoms with Gasteiger partial charge in [0, 0.05) is 31.4 Å². The number of aryl methyl sites for hydroxylation is 2. The highest BCUT2D eigenvalue weighted by molar-refractivity contribution is 6.01. The maximum absolute atomic E-state index is 13.4. The standard InChI is InChI=1S/C24H23N3O4/c1-3-26-13-18(21(29)17-9-8-15(2)25-22(17)26)23(30)27-11-10-24(14-27)12-19(28)16-6-4-5-7-20(16)31-24/h4-9,13H,3,10-12,14H2,1-2H3. The number of para-hydroxylation sites is 1. The smallest absolute Gasteiger partial charge is 0.259 e. The summed E-state index contributed by atoms with van der Waals surface area (Å²) in [5, 5.41) is 0.435. The number of amides is 1. The minimum Gasteiger partial charge on any atom is -0.484 e. The molecule has 4 heterocycles. The molecule has 0 saturated carbocycles. The van der Waals surface area contributed by atoms with Gasteiger partial charge in [-0.3, -0.25) is 14.4 Å². The quantitative estimate of drug-likeness (QED) is 0.640. The van der Waals surface area contributed by atoms with Crippen LogP contribution in [0.1, 0.15) is 46.2 Å². The van der Waals surface area contributed by atoms with Crippen LogP contribution in [0.2, 0.25) is 0 Å². The van der Waals surface area contributed by atoms with Crippen LogP contribution in [-0.4, -0.2) is 44.8 Å². The lowest BCUT2D eigenvalue weighted by Gasteiger charge is -2.34. The summed E-state index contributed by atoms with van der Waals surface area (Å²) in [6.45, 7) is 5.12. The molecule has 31 heavy (non-hydrogen) atoms. The fourth-order valence-corrected chi connectivity index (χ4v) is 4.61. The van der Waals surface area contributed by atoms with Crippen LogP contribution in [0.15, 0.2) is 47.4 Å². The van der Waals surface area contributed by atoms with Crippen molar-refractivity contribution in [2.24, 2.45) is 0 Å². The third-order valence-electron chi connectivity index (χ3n) is 6.23. The zero-order chi connectivity index (χ0) is 21.8. The number of pyridine rings is 2. The number of ketones is 1. The van der Waals surface area contributed by atoms with Gasteiger partial charge in [0.25, 0.3) is 5.91 Å². The Kier molecular flexibility index (Phi) is 4.43. The first-order chi connectivity index (χ1) is 14.9. The summed E-state index contributed by atoms with van der Waals surface area (Å²) in [5.41, 5.74) is 1.05. The average Bonchev–Trinajstić information content (AvgIpc) is 3.16. The van der Waals surface area contributed by atoms with Crippen molar-refractivity contribution in [3.63, 3.8) is 0 Å². The van der Waals surface area contributed by atoms with Crippen LogP contribution < -0.4 is 10.2 Å². The first-order valence-electron chi connectivity index (χ1n) is 10.5. The number of hydrogen-bond acceptors (Lipinski definition) is 5. The Morgan fingerprint density at radius 3 is 2.81 bits per heavy atom. The van der Waals surface area contributed by atoms with E-state index in [1.54, 1.807) is 35.4 Å². The van der Waals surface area contributed by atoms with Gasteiger partial charge < -0.3 is 14.2 Å². The molecule has 1 amide bonds. The highest BCUT2D eigenvalue weighted by Crippen LogP contribution is 2.38. The second-order valence-electron chi connectivity index (χ2n) is 8.34. The van der Waals surface area contributed by atoms with Crippen LogP contribution in [0.5, 0.6) is 5.75 Å². The summed E-state index contributed by atoms with van der Waals surface area (Å²) in [6.07, 6.45) is 2.38. The highest BCUT2D eigenvalue weighted by atomic mass is 16.5. The zero-order valence-corrected chi connectivity index (χ0v) is 17.6. The van der Waals surface area contributed by atoms with E-state index in [2.05, 4.69) is 4.98 Å². The van der Waals surface area contributed by atoms with E-state index in [1.165, 1.54) is 0 Å². The first-order valence-corrected chi connectivity index (χ1v) is 10.5. The number of hydrogen-bond donors (Lipinski definition) is 0. The van der Waals surface area contributed by atoms with Gasteiger partial charge in [-0.1, -0.05) is 12.1 Å². The molecule has 5 rings (SSSR count). The van der Waals surface area contributed by atoms with E-state index in [9.17, 15) is 14.4 Å². The van der Waals surface area contributed by atoms with Gasteiger partial charge in [-0.2, -0.15) is 0 Å². The topological polar surface area (TPSA) is 81.5 Å². The SMILES string of the molecule is CCn1cc(C(=O)N2CCC3(CC(=O)c4ccccc4O3)C2)c(=O)c2ccc(C)nc21. The van der Waals surface area contributed by atoms with Crippen molar-refractivity contribution in [1.29, 1.82) is 0 Å². The Morgan fingerprint density at radius 1 is 1.19 bits per heavy atom. The normalized spacial score (nSPS) is 20.2. The van der Waals surface area contributed by atoms with Gasteiger partial charge >= 0.3 is 0 Å². The van der Waals surface area contributed by atoms with Crippen molar-refractivity contribution in [2.45, 2.75) is 38.8 Å². The number of carbonyl (C=O) groups excluding carboxylic acids is 2. The lowest BCUT2D eigenvalue weighted by Crippen LogP contribution is -2.45. The molecule has 2 aliphatic rings. The fourth-order valence-electron chi connectivity index (χ4n) is 4.61. The average molecular weight is 417 g/mol. The molecule has 2 aliphatic heterocycles. The Morgan fingerprint density at radius 2 is 2.00 bits per heavy atom. The van der Waals surface area contributed by atoms with Gasteiger partial charge in [0.15, 0.2) is 5.78 Å². The number of likely N-dealkylation sites (tertiary alicyclic amines) is 1. The third kappa shape index (κ3) is 3.12. The number of rotatable bonds is 2. The molecule has 0 N–H and O–H groups in total. The molecule has 0 aliphatic carbocycles. The van der Waals surface area contributed by atoms with E-state index in [0.717, 1.165) is 5.69 Å². The van der Waals surface area contributed by atoms with Gasteiger partial charge in [-0.05, 0) is 38.1 Å². The Labute approximate surface area is 179 Å². The highest BCUT2D eigenvalue weighted by Gasteiger charge is 2.47. The van der Waals surface area contributed by atoms with E-state index < -0.39 is 5.60 Å². The second kappa shape index (κ2) is 7.04. The van der Waals surface area contributed by atoms with Crippen LogP contribution in [0.3, 0.4) is 0 Å². The number of carbonyl (C=O) groups is 2. The number of Topliss-reactive ketones (excluding diaryl/α,β-unsaturated/α-hetero) is 1. The number of fused-ring (bicyclic) bond motifs is 2. The number of benzene rings is 1. The van der Waals surface area contributed by atoms with Crippen molar-refractivity contribution in [1.82, 2.24) is 14.5 Å². The van der Waals surface area contributed by atoms with Gasteiger partial charge in [0.05, 0.1) is 23.9 Å². The number of nitrogens with zero attached hydrogens (tertiary/aromatic N) is 3. The fraction of sp³-hybridized carbons (Fsp3) is 0.333. The van der Waals surface area contributed by atoms with Crippen molar-refractivity contribution in [3.8, 4) is 5.75 Å². The third-order valence-corrected chi connectivity index (χ3v) is 6.23. The summed E-state index contributed by atoms with van der Waals surface area (Å²) in [7, 11) is 0. The van der Waals surface area contributed by atoms with Gasteiger partial charge in [0.1, 0.15) is 22.6 Å². The minimum absolute atomic E-state index is 0.0247. The Balaban J connectivity index is 1.48. The monoisotopic (exact) mass is 417 g/mol. The number of aromatic nitrogens is 2. The first kappa shape index (κ1) is 19.5. The Bertz CT molecular complexity index is 1300. The predicted molar refractivity (Wildman–Crippen MR) is 116 cm³/mol. The summed E-state index contributed by atoms with van der Waals surface area (Å²) in [5.74, 6) is 0.256. The van der Waals surface area contributed by atoms with Crippen LogP contribution >= 0.6 is 0 Å². The van der Waals surface area contributed by atoms with Crippen LogP contribution in [0.25, 0.3) is 11.0 Å². The molecule has 1 aromatic carbocycles. The lowest BCUT2D eigenvalue weighted by atomic mass is 9.89. The van der Waals surface area contributed by atoms with Crippen LogP contribution in [0.4, 0.5) is 0 Å². The second-order valence-corrected chi connectivity index (χ2v) is 8.34. The van der Waals surface area contributed by atoms with Gasteiger partial charge in [-0.25, -0.2) is 4.98 Å². The molecule has 2 aromatic heterocycles. The molecule has 0 bridgehead atoms. The Hall–Kier alpha value is -3.48. The summed E-state index contributed by atoms with van der Waals surface area (Å²) < 4.78 is 8.05. The molecule has 7 heteroatoms. The largest absolute Gasteiger partial charge is 0.484 e. The minimum atomic E-state index is -0.736. The molecular formula is C24H23N3O4. The molecule has 1 saturated heterocycles.